The van der Waals surface area contributed by atoms with Crippen molar-refractivity contribution in [2.24, 2.45) is 0 Å². The van der Waals surface area contributed by atoms with E-state index < -0.39 is 17.1 Å². The summed E-state index contributed by atoms with van der Waals surface area (Å²) in [4.78, 5) is 26.9. The number of rotatable bonds is 2. The van der Waals surface area contributed by atoms with Gasteiger partial charge in [-0.2, -0.15) is 5.10 Å². The molecule has 0 saturated heterocycles. The highest BCUT2D eigenvalue weighted by atomic mass is 16.4. The molecule has 0 aliphatic rings. The van der Waals surface area contributed by atoms with Gasteiger partial charge in [0.1, 0.15) is 0 Å². The number of hydrogen-bond donors (Lipinski definition) is 1. The molecular weight excluding hydrogens is 270 g/mol. The SMILES string of the molecule is Cc1cc(=O)c(C(=O)O)nn1-c1ccc2ncccc2c1. The van der Waals surface area contributed by atoms with Crippen LogP contribution in [0.2, 0.25) is 0 Å². The minimum atomic E-state index is -1.34. The van der Waals surface area contributed by atoms with Crippen LogP contribution < -0.4 is 5.43 Å². The highest BCUT2D eigenvalue weighted by Crippen LogP contribution is 2.16. The van der Waals surface area contributed by atoms with E-state index >= 15 is 0 Å². The Hall–Kier alpha value is -3.02. The normalized spacial score (nSPS) is 10.7. The minimum absolute atomic E-state index is 0.494. The van der Waals surface area contributed by atoms with Crippen LogP contribution in [-0.4, -0.2) is 25.8 Å². The number of fused-ring (bicyclic) bond motifs is 1. The Balaban J connectivity index is 2.24. The molecule has 6 heteroatoms. The molecule has 0 aliphatic carbocycles. The van der Waals surface area contributed by atoms with Crippen LogP contribution in [0.5, 0.6) is 0 Å². The van der Waals surface area contributed by atoms with E-state index in [1.165, 1.54) is 10.7 Å². The van der Waals surface area contributed by atoms with Crippen molar-refractivity contribution in [3.8, 4) is 5.69 Å². The number of hydrogen-bond acceptors (Lipinski definition) is 4. The van der Waals surface area contributed by atoms with Gasteiger partial charge >= 0.3 is 5.97 Å². The molecule has 2 heterocycles. The van der Waals surface area contributed by atoms with E-state index in [4.69, 9.17) is 5.11 Å². The van der Waals surface area contributed by atoms with Gasteiger partial charge in [-0.15, -0.1) is 0 Å². The minimum Gasteiger partial charge on any atom is -0.476 e. The molecule has 3 aromatic rings. The smallest absolute Gasteiger partial charge is 0.360 e. The summed E-state index contributed by atoms with van der Waals surface area (Å²) in [6, 6.07) is 10.4. The topological polar surface area (TPSA) is 85.1 Å². The van der Waals surface area contributed by atoms with Crippen molar-refractivity contribution in [1.82, 2.24) is 14.8 Å². The van der Waals surface area contributed by atoms with Gasteiger partial charge in [-0.05, 0) is 31.2 Å². The summed E-state index contributed by atoms with van der Waals surface area (Å²) in [5.41, 5.74) is 0.979. The standard InChI is InChI=1S/C15H11N3O3/c1-9-7-13(19)14(15(20)21)17-18(9)11-4-5-12-10(8-11)3-2-6-16-12/h2-8H,1H3,(H,20,21). The van der Waals surface area contributed by atoms with E-state index in [1.807, 2.05) is 24.3 Å². The first kappa shape index (κ1) is 13.0. The van der Waals surface area contributed by atoms with Gasteiger partial charge in [-0.25, -0.2) is 9.48 Å². The monoisotopic (exact) mass is 281 g/mol. The summed E-state index contributed by atoms with van der Waals surface area (Å²) in [6.45, 7) is 1.70. The van der Waals surface area contributed by atoms with Crippen molar-refractivity contribution >= 4 is 16.9 Å². The number of pyridine rings is 1. The van der Waals surface area contributed by atoms with Crippen LogP contribution in [0.1, 0.15) is 16.2 Å². The van der Waals surface area contributed by atoms with Crippen LogP contribution in [0.15, 0.2) is 47.4 Å². The van der Waals surface area contributed by atoms with E-state index in [0.29, 0.717) is 11.4 Å². The van der Waals surface area contributed by atoms with Gasteiger partial charge in [-0.3, -0.25) is 9.78 Å². The Morgan fingerprint density at radius 2 is 2.05 bits per heavy atom. The second-order valence-corrected chi connectivity index (χ2v) is 4.60. The zero-order valence-corrected chi connectivity index (χ0v) is 11.1. The molecule has 0 saturated carbocycles. The van der Waals surface area contributed by atoms with E-state index in [0.717, 1.165) is 10.9 Å². The summed E-state index contributed by atoms with van der Waals surface area (Å²) >= 11 is 0. The summed E-state index contributed by atoms with van der Waals surface area (Å²) in [7, 11) is 0. The first-order valence-corrected chi connectivity index (χ1v) is 6.26. The van der Waals surface area contributed by atoms with Crippen LogP contribution in [-0.2, 0) is 0 Å². The van der Waals surface area contributed by atoms with Crippen LogP contribution in [0.3, 0.4) is 0 Å². The van der Waals surface area contributed by atoms with Crippen LogP contribution in [0.25, 0.3) is 16.6 Å². The third-order valence-corrected chi connectivity index (χ3v) is 3.14. The molecule has 1 N–H and O–H groups in total. The van der Waals surface area contributed by atoms with E-state index in [9.17, 15) is 9.59 Å². The summed E-state index contributed by atoms with van der Waals surface area (Å²) in [6.07, 6.45) is 1.70. The molecule has 2 aromatic heterocycles. The lowest BCUT2D eigenvalue weighted by molar-refractivity contribution is 0.0686. The second kappa shape index (κ2) is 4.82. The number of aromatic carboxylic acids is 1. The molecule has 0 amide bonds. The lowest BCUT2D eigenvalue weighted by Crippen LogP contribution is -2.22. The van der Waals surface area contributed by atoms with E-state index in [-0.39, 0.29) is 0 Å². The Bertz CT molecular complexity index is 915. The van der Waals surface area contributed by atoms with Crippen molar-refractivity contribution in [1.29, 1.82) is 0 Å². The fourth-order valence-corrected chi connectivity index (χ4v) is 2.15. The molecule has 0 atom stereocenters. The number of aryl methyl sites for hydroxylation is 1. The molecule has 0 radical (unpaired) electrons. The molecular formula is C15H11N3O3. The molecule has 3 rings (SSSR count). The molecule has 0 bridgehead atoms. The third kappa shape index (κ3) is 2.27. The van der Waals surface area contributed by atoms with Crippen LogP contribution in [0, 0.1) is 6.92 Å². The Morgan fingerprint density at radius 1 is 1.24 bits per heavy atom. The lowest BCUT2D eigenvalue weighted by atomic mass is 10.2. The van der Waals surface area contributed by atoms with Crippen LogP contribution >= 0.6 is 0 Å². The number of benzene rings is 1. The maximum absolute atomic E-state index is 11.6. The predicted molar refractivity (Wildman–Crippen MR) is 76.8 cm³/mol. The average molecular weight is 281 g/mol. The largest absolute Gasteiger partial charge is 0.476 e. The van der Waals surface area contributed by atoms with E-state index in [1.54, 1.807) is 19.2 Å². The summed E-state index contributed by atoms with van der Waals surface area (Å²) in [5.74, 6) is -1.34. The molecule has 0 aliphatic heterocycles. The quantitative estimate of drug-likeness (QED) is 0.774. The van der Waals surface area contributed by atoms with Gasteiger partial charge in [0.15, 0.2) is 0 Å². The number of aromatic nitrogens is 3. The number of carboxylic acids is 1. The molecule has 0 fully saturated rings. The molecule has 0 unspecified atom stereocenters. The Kier molecular flexibility index (Phi) is 2.98. The lowest BCUT2D eigenvalue weighted by Gasteiger charge is -2.10. The van der Waals surface area contributed by atoms with Crippen LogP contribution in [0.4, 0.5) is 0 Å². The van der Waals surface area contributed by atoms with Crippen molar-refractivity contribution in [3.63, 3.8) is 0 Å². The molecule has 21 heavy (non-hydrogen) atoms. The van der Waals surface area contributed by atoms with Gasteiger partial charge in [0.2, 0.25) is 11.1 Å². The van der Waals surface area contributed by atoms with Crippen molar-refractivity contribution in [3.05, 3.63) is 64.2 Å². The zero-order chi connectivity index (χ0) is 15.0. The van der Waals surface area contributed by atoms with Gasteiger partial charge < -0.3 is 5.11 Å². The summed E-state index contributed by atoms with van der Waals surface area (Å²) in [5, 5.41) is 13.9. The zero-order valence-electron chi connectivity index (χ0n) is 11.1. The number of nitrogens with zero attached hydrogens (tertiary/aromatic N) is 3. The fraction of sp³-hybridized carbons (Fsp3) is 0.0667. The van der Waals surface area contributed by atoms with Crippen molar-refractivity contribution in [2.45, 2.75) is 6.92 Å². The molecule has 1 aromatic carbocycles. The van der Waals surface area contributed by atoms with Crippen molar-refractivity contribution in [2.75, 3.05) is 0 Å². The first-order chi connectivity index (χ1) is 10.1. The van der Waals surface area contributed by atoms with Gasteiger partial charge in [0, 0.05) is 23.3 Å². The summed E-state index contributed by atoms with van der Waals surface area (Å²) < 4.78 is 1.44. The molecule has 104 valence electrons. The Morgan fingerprint density at radius 3 is 2.81 bits per heavy atom. The highest BCUT2D eigenvalue weighted by Gasteiger charge is 2.13. The maximum Gasteiger partial charge on any atom is 0.360 e. The van der Waals surface area contributed by atoms with Gasteiger partial charge in [-0.1, -0.05) is 6.07 Å². The number of carbonyl (C=O) groups is 1. The third-order valence-electron chi connectivity index (χ3n) is 3.14. The van der Waals surface area contributed by atoms with E-state index in [2.05, 4.69) is 10.1 Å². The maximum atomic E-state index is 11.6. The first-order valence-electron chi connectivity index (χ1n) is 6.26. The number of carboxylic acid groups (broad SMARTS) is 1. The van der Waals surface area contributed by atoms with Crippen molar-refractivity contribution < 1.29 is 9.90 Å². The molecule has 0 spiro atoms. The Labute approximate surface area is 119 Å². The van der Waals surface area contributed by atoms with Gasteiger partial charge in [0.05, 0.1) is 11.2 Å². The highest BCUT2D eigenvalue weighted by molar-refractivity contribution is 5.85. The fourth-order valence-electron chi connectivity index (χ4n) is 2.15. The average Bonchev–Trinajstić information content (AvgIpc) is 2.46. The predicted octanol–water partition coefficient (Wildman–Crippen LogP) is 1.79. The molecule has 6 nitrogen and oxygen atoms in total. The van der Waals surface area contributed by atoms with Gasteiger partial charge in [0.25, 0.3) is 0 Å². The second-order valence-electron chi connectivity index (χ2n) is 4.60.